The molecule has 0 radical (unpaired) electrons. The first-order valence-electron chi connectivity index (χ1n) is 8.89. The van der Waals surface area contributed by atoms with Gasteiger partial charge < -0.3 is 15.1 Å². The van der Waals surface area contributed by atoms with Gasteiger partial charge in [-0.2, -0.15) is 5.26 Å². The second-order valence-corrected chi connectivity index (χ2v) is 6.78. The van der Waals surface area contributed by atoms with Gasteiger partial charge in [0.2, 0.25) is 5.95 Å². The fourth-order valence-electron chi connectivity index (χ4n) is 3.09. The van der Waals surface area contributed by atoms with Gasteiger partial charge in [0.15, 0.2) is 5.69 Å². The van der Waals surface area contributed by atoms with Gasteiger partial charge in [0, 0.05) is 19.1 Å². The number of nitrogens with one attached hydrogen (secondary N) is 1. The Morgan fingerprint density at radius 3 is 2.54 bits per heavy atom. The molecule has 3 aromatic rings. The fourth-order valence-corrected chi connectivity index (χ4v) is 3.09. The molecule has 4 heterocycles. The van der Waals surface area contributed by atoms with Crippen molar-refractivity contribution in [2.24, 2.45) is 0 Å². The number of rotatable bonds is 5. The van der Waals surface area contributed by atoms with Crippen molar-refractivity contribution in [3.8, 4) is 12.0 Å². The van der Waals surface area contributed by atoms with Crippen LogP contribution in [0, 0.1) is 11.3 Å². The fraction of sp³-hybridized carbons (Fsp3) is 0.333. The van der Waals surface area contributed by atoms with Crippen molar-refractivity contribution in [1.29, 1.82) is 5.26 Å². The van der Waals surface area contributed by atoms with Crippen molar-refractivity contribution in [3.63, 3.8) is 0 Å². The van der Waals surface area contributed by atoms with E-state index in [-0.39, 0.29) is 5.69 Å². The van der Waals surface area contributed by atoms with E-state index in [1.165, 1.54) is 12.4 Å². The number of hydrogen-bond acceptors (Lipinski definition) is 9. The minimum absolute atomic E-state index is 0.263. The van der Waals surface area contributed by atoms with Crippen LogP contribution in [-0.4, -0.2) is 67.6 Å². The van der Waals surface area contributed by atoms with Crippen LogP contribution in [0.25, 0.3) is 5.95 Å². The first kappa shape index (κ1) is 17.8. The first-order valence-corrected chi connectivity index (χ1v) is 8.89. The number of nitrogens with zero attached hydrogens (tertiary/aromatic N) is 9. The Morgan fingerprint density at radius 1 is 1.07 bits per heavy atom. The smallest absolute Gasteiger partial charge is 0.235 e. The van der Waals surface area contributed by atoms with E-state index >= 15 is 0 Å². The summed E-state index contributed by atoms with van der Waals surface area (Å²) in [5.74, 6) is 1.63. The summed E-state index contributed by atoms with van der Waals surface area (Å²) in [7, 11) is 4.23. The lowest BCUT2D eigenvalue weighted by atomic mass is 10.2. The predicted octanol–water partition coefficient (Wildman–Crippen LogP) is 1.21. The van der Waals surface area contributed by atoms with Crippen LogP contribution in [0.1, 0.15) is 12.1 Å². The van der Waals surface area contributed by atoms with E-state index in [1.54, 1.807) is 17.1 Å². The van der Waals surface area contributed by atoms with Crippen molar-refractivity contribution in [1.82, 2.24) is 34.4 Å². The van der Waals surface area contributed by atoms with E-state index in [2.05, 4.69) is 54.1 Å². The number of nitriles is 1. The van der Waals surface area contributed by atoms with Gasteiger partial charge in [-0.25, -0.2) is 24.9 Å². The lowest BCUT2D eigenvalue weighted by Gasteiger charge is -2.21. The molecule has 0 saturated carbocycles. The summed E-state index contributed by atoms with van der Waals surface area (Å²) in [5.41, 5.74) is 1.29. The van der Waals surface area contributed by atoms with E-state index < -0.39 is 0 Å². The van der Waals surface area contributed by atoms with Crippen LogP contribution in [0.5, 0.6) is 0 Å². The molecule has 1 aliphatic heterocycles. The third kappa shape index (κ3) is 3.74. The van der Waals surface area contributed by atoms with Gasteiger partial charge >= 0.3 is 0 Å². The average molecular weight is 376 g/mol. The molecule has 10 nitrogen and oxygen atoms in total. The first-order chi connectivity index (χ1) is 13.6. The van der Waals surface area contributed by atoms with Crippen LogP contribution < -0.4 is 10.2 Å². The average Bonchev–Trinajstić information content (AvgIpc) is 3.39. The zero-order chi connectivity index (χ0) is 19.5. The molecule has 1 saturated heterocycles. The van der Waals surface area contributed by atoms with E-state index in [0.717, 1.165) is 25.2 Å². The van der Waals surface area contributed by atoms with E-state index in [0.29, 0.717) is 23.6 Å². The summed E-state index contributed by atoms with van der Waals surface area (Å²) in [4.78, 5) is 25.9. The van der Waals surface area contributed by atoms with E-state index in [4.69, 9.17) is 5.26 Å². The second kappa shape index (κ2) is 7.58. The van der Waals surface area contributed by atoms with Gasteiger partial charge in [-0.05, 0) is 20.5 Å². The molecule has 4 rings (SSSR count). The highest BCUT2D eigenvalue weighted by Crippen LogP contribution is 2.21. The van der Waals surface area contributed by atoms with Crippen LogP contribution >= 0.6 is 0 Å². The highest BCUT2D eigenvalue weighted by Gasteiger charge is 2.24. The topological polar surface area (TPSA) is 112 Å². The summed E-state index contributed by atoms with van der Waals surface area (Å²) >= 11 is 0. The second-order valence-electron chi connectivity index (χ2n) is 6.78. The summed E-state index contributed by atoms with van der Waals surface area (Å²) in [6.07, 6.45) is 11.1. The molecule has 1 N–H and O–H groups in total. The Kier molecular flexibility index (Phi) is 4.82. The Morgan fingerprint density at radius 2 is 1.89 bits per heavy atom. The van der Waals surface area contributed by atoms with Crippen molar-refractivity contribution < 1.29 is 0 Å². The maximum Gasteiger partial charge on any atom is 0.235 e. The molecular weight excluding hydrogens is 356 g/mol. The maximum atomic E-state index is 8.77. The molecule has 3 aromatic heterocycles. The zero-order valence-electron chi connectivity index (χ0n) is 15.7. The van der Waals surface area contributed by atoms with Gasteiger partial charge in [-0.1, -0.05) is 0 Å². The standard InChI is InChI=1S/C18H20N10/c1-26(2)14-3-4-27(10-14)15-7-22-18(23-8-15)28-11-17(24-12-28)25-16-9-20-13(5-19)6-21-16/h6-9,11-12,14H,3-4,10H2,1-2H3,(H,21,25)/t14-/m1/s1. The van der Waals surface area contributed by atoms with Gasteiger partial charge in [0.1, 0.15) is 24.0 Å². The normalized spacial score (nSPS) is 16.4. The van der Waals surface area contributed by atoms with Crippen molar-refractivity contribution in [2.75, 3.05) is 37.4 Å². The largest absolute Gasteiger partial charge is 0.367 e. The number of anilines is 3. The number of imidazole rings is 1. The van der Waals surface area contributed by atoms with Crippen LogP contribution in [-0.2, 0) is 0 Å². The number of likely N-dealkylation sites (N-methyl/N-ethyl adjacent to an activating group) is 1. The highest BCUT2D eigenvalue weighted by atomic mass is 15.3. The minimum atomic E-state index is 0.263. The van der Waals surface area contributed by atoms with Crippen molar-refractivity contribution in [3.05, 3.63) is 43.0 Å². The monoisotopic (exact) mass is 376 g/mol. The predicted molar refractivity (Wildman–Crippen MR) is 103 cm³/mol. The number of aromatic nitrogens is 6. The van der Waals surface area contributed by atoms with E-state index in [1.807, 2.05) is 18.5 Å². The number of hydrogen-bond donors (Lipinski definition) is 1. The molecule has 28 heavy (non-hydrogen) atoms. The summed E-state index contributed by atoms with van der Waals surface area (Å²) in [5, 5.41) is 11.8. The van der Waals surface area contributed by atoms with Crippen LogP contribution in [0.15, 0.2) is 37.3 Å². The Hall–Kier alpha value is -3.58. The highest BCUT2D eigenvalue weighted by molar-refractivity contribution is 5.50. The molecule has 0 amide bonds. The Labute approximate surface area is 162 Å². The van der Waals surface area contributed by atoms with Crippen molar-refractivity contribution in [2.45, 2.75) is 12.5 Å². The molecule has 0 unspecified atom stereocenters. The van der Waals surface area contributed by atoms with Crippen LogP contribution in [0.2, 0.25) is 0 Å². The molecule has 10 heteroatoms. The molecule has 142 valence electrons. The van der Waals surface area contributed by atoms with Crippen LogP contribution in [0.3, 0.4) is 0 Å². The molecular formula is C18H20N10. The lowest BCUT2D eigenvalue weighted by Crippen LogP contribution is -2.31. The summed E-state index contributed by atoms with van der Waals surface area (Å²) in [6, 6.07) is 2.49. The summed E-state index contributed by atoms with van der Waals surface area (Å²) in [6.45, 7) is 2.00. The lowest BCUT2D eigenvalue weighted by molar-refractivity contribution is 0.315. The molecule has 1 fully saturated rings. The third-order valence-corrected chi connectivity index (χ3v) is 4.72. The molecule has 1 atom stereocenters. The van der Waals surface area contributed by atoms with Gasteiger partial charge in [0.05, 0.1) is 36.7 Å². The van der Waals surface area contributed by atoms with Crippen molar-refractivity contribution >= 4 is 17.3 Å². The molecule has 0 spiro atoms. The zero-order valence-corrected chi connectivity index (χ0v) is 15.7. The van der Waals surface area contributed by atoms with Crippen LogP contribution in [0.4, 0.5) is 17.3 Å². The summed E-state index contributed by atoms with van der Waals surface area (Å²) < 4.78 is 1.73. The SMILES string of the molecule is CN(C)[C@@H]1CCN(c2cnc(-n3cnc(Nc4cnc(C#N)cn4)c3)nc2)C1. The molecule has 1 aliphatic rings. The minimum Gasteiger partial charge on any atom is -0.367 e. The molecule has 0 aliphatic carbocycles. The van der Waals surface area contributed by atoms with Gasteiger partial charge in [-0.15, -0.1) is 0 Å². The quantitative estimate of drug-likeness (QED) is 0.702. The Bertz CT molecular complexity index is 971. The molecule has 0 aromatic carbocycles. The maximum absolute atomic E-state index is 8.77. The molecule has 0 bridgehead atoms. The van der Waals surface area contributed by atoms with E-state index in [9.17, 15) is 0 Å². The third-order valence-electron chi connectivity index (χ3n) is 4.72. The van der Waals surface area contributed by atoms with Gasteiger partial charge in [0.25, 0.3) is 0 Å². The Balaban J connectivity index is 1.43. The van der Waals surface area contributed by atoms with Gasteiger partial charge in [-0.3, -0.25) is 4.57 Å².